The molecule has 0 radical (unpaired) electrons. The normalized spacial score (nSPS) is 26.4. The maximum absolute atomic E-state index is 4.02. The highest BCUT2D eigenvalue weighted by Crippen LogP contribution is 2.31. The summed E-state index contributed by atoms with van der Waals surface area (Å²) in [5.74, 6) is 1.65. The van der Waals surface area contributed by atoms with Crippen molar-refractivity contribution in [3.8, 4) is 11.3 Å². The number of nitrogens with one attached hydrogen (secondary N) is 2. The van der Waals surface area contributed by atoms with Gasteiger partial charge in [0.1, 0.15) is 0 Å². The molecule has 2 unspecified atom stereocenters. The van der Waals surface area contributed by atoms with Crippen molar-refractivity contribution in [2.75, 3.05) is 5.32 Å². The number of nitrogens with zero attached hydrogens (tertiary/aromatic N) is 1. The zero-order chi connectivity index (χ0) is 13.9. The molecule has 2 aromatic rings. The largest absolute Gasteiger partial charge is 0.382 e. The van der Waals surface area contributed by atoms with E-state index in [0.717, 1.165) is 17.5 Å². The van der Waals surface area contributed by atoms with Crippen molar-refractivity contribution in [3.05, 3.63) is 36.5 Å². The molecule has 1 heterocycles. The summed E-state index contributed by atoms with van der Waals surface area (Å²) >= 11 is 0. The topological polar surface area (TPSA) is 40.7 Å². The van der Waals surface area contributed by atoms with Crippen molar-refractivity contribution in [1.82, 2.24) is 10.2 Å². The standard InChI is InChI=1S/C17H23N3/c1-12-8-13(2)10-16(9-12)19-15-5-3-4-14(11-15)17-6-7-18-20-17/h3-7,11-13,16,19H,8-10H2,1-2H3,(H,18,20). The van der Waals surface area contributed by atoms with Gasteiger partial charge in [0.25, 0.3) is 0 Å². The zero-order valence-electron chi connectivity index (χ0n) is 12.3. The van der Waals surface area contributed by atoms with Crippen molar-refractivity contribution >= 4 is 5.69 Å². The smallest absolute Gasteiger partial charge is 0.0650 e. The number of H-pyrrole nitrogens is 1. The van der Waals surface area contributed by atoms with Crippen LogP contribution in [0.1, 0.15) is 33.1 Å². The summed E-state index contributed by atoms with van der Waals surface area (Å²) in [6.45, 7) is 4.73. The van der Waals surface area contributed by atoms with Crippen LogP contribution in [0.2, 0.25) is 0 Å². The fraction of sp³-hybridized carbons (Fsp3) is 0.471. The molecule has 0 saturated heterocycles. The average molecular weight is 269 g/mol. The van der Waals surface area contributed by atoms with Gasteiger partial charge >= 0.3 is 0 Å². The second-order valence-electron chi connectivity index (χ2n) is 6.31. The van der Waals surface area contributed by atoms with Gasteiger partial charge in [-0.2, -0.15) is 5.10 Å². The van der Waals surface area contributed by atoms with E-state index in [1.54, 1.807) is 6.20 Å². The van der Waals surface area contributed by atoms with E-state index in [4.69, 9.17) is 0 Å². The van der Waals surface area contributed by atoms with Crippen LogP contribution in [0.4, 0.5) is 5.69 Å². The highest BCUT2D eigenvalue weighted by atomic mass is 15.1. The van der Waals surface area contributed by atoms with Crippen molar-refractivity contribution in [3.63, 3.8) is 0 Å². The van der Waals surface area contributed by atoms with E-state index in [0.29, 0.717) is 6.04 Å². The number of benzene rings is 1. The third kappa shape index (κ3) is 3.03. The summed E-state index contributed by atoms with van der Waals surface area (Å²) < 4.78 is 0. The van der Waals surface area contributed by atoms with Crippen LogP contribution in [0.5, 0.6) is 0 Å². The van der Waals surface area contributed by atoms with Crippen LogP contribution in [0.15, 0.2) is 36.5 Å². The SMILES string of the molecule is CC1CC(C)CC(Nc2cccc(-c3ccn[nH]3)c2)C1. The van der Waals surface area contributed by atoms with Crippen LogP contribution >= 0.6 is 0 Å². The summed E-state index contributed by atoms with van der Waals surface area (Å²) in [6, 6.07) is 11.2. The molecule has 1 aliphatic carbocycles. The van der Waals surface area contributed by atoms with Gasteiger partial charge in [-0.05, 0) is 49.3 Å². The molecular formula is C17H23N3. The van der Waals surface area contributed by atoms with Gasteiger partial charge < -0.3 is 5.32 Å². The molecule has 3 rings (SSSR count). The summed E-state index contributed by atoms with van der Waals surface area (Å²) in [7, 11) is 0. The quantitative estimate of drug-likeness (QED) is 0.871. The number of aromatic amines is 1. The van der Waals surface area contributed by atoms with Gasteiger partial charge in [0.05, 0.1) is 5.69 Å². The van der Waals surface area contributed by atoms with Gasteiger partial charge in [-0.3, -0.25) is 5.10 Å². The molecule has 0 spiro atoms. The number of rotatable bonds is 3. The molecule has 0 bridgehead atoms. The average Bonchev–Trinajstić information content (AvgIpc) is 2.91. The Morgan fingerprint density at radius 2 is 1.90 bits per heavy atom. The first-order valence-electron chi connectivity index (χ1n) is 7.57. The van der Waals surface area contributed by atoms with Gasteiger partial charge in [-0.15, -0.1) is 0 Å². The molecule has 3 heteroatoms. The fourth-order valence-corrected chi connectivity index (χ4v) is 3.49. The number of anilines is 1. The Labute approximate surface area is 120 Å². The molecule has 1 aromatic heterocycles. The first kappa shape index (κ1) is 13.2. The van der Waals surface area contributed by atoms with Crippen molar-refractivity contribution in [1.29, 1.82) is 0 Å². The first-order chi connectivity index (χ1) is 9.70. The lowest BCUT2D eigenvalue weighted by Gasteiger charge is -2.32. The minimum Gasteiger partial charge on any atom is -0.382 e. The molecule has 1 aromatic carbocycles. The Morgan fingerprint density at radius 3 is 2.60 bits per heavy atom. The van der Waals surface area contributed by atoms with E-state index >= 15 is 0 Å². The van der Waals surface area contributed by atoms with E-state index in [-0.39, 0.29) is 0 Å². The molecule has 2 N–H and O–H groups in total. The lowest BCUT2D eigenvalue weighted by molar-refractivity contribution is 0.281. The highest BCUT2D eigenvalue weighted by molar-refractivity contribution is 5.64. The predicted octanol–water partition coefficient (Wildman–Crippen LogP) is 4.31. The van der Waals surface area contributed by atoms with Crippen LogP contribution in [-0.2, 0) is 0 Å². The summed E-state index contributed by atoms with van der Waals surface area (Å²) in [5.41, 5.74) is 3.46. The van der Waals surface area contributed by atoms with E-state index in [9.17, 15) is 0 Å². The molecule has 1 saturated carbocycles. The summed E-state index contributed by atoms with van der Waals surface area (Å²) in [5, 5.41) is 10.7. The molecule has 2 atom stereocenters. The predicted molar refractivity (Wildman–Crippen MR) is 83.6 cm³/mol. The highest BCUT2D eigenvalue weighted by Gasteiger charge is 2.23. The third-order valence-electron chi connectivity index (χ3n) is 4.22. The van der Waals surface area contributed by atoms with Gasteiger partial charge in [0.2, 0.25) is 0 Å². The van der Waals surface area contributed by atoms with Crippen molar-refractivity contribution < 1.29 is 0 Å². The lowest BCUT2D eigenvalue weighted by Crippen LogP contribution is -2.30. The fourth-order valence-electron chi connectivity index (χ4n) is 3.49. The van der Waals surface area contributed by atoms with Crippen LogP contribution < -0.4 is 5.32 Å². The third-order valence-corrected chi connectivity index (χ3v) is 4.22. The Bertz CT molecular complexity index is 537. The van der Waals surface area contributed by atoms with E-state index < -0.39 is 0 Å². The van der Waals surface area contributed by atoms with E-state index in [1.165, 1.54) is 30.5 Å². The number of aromatic nitrogens is 2. The molecule has 20 heavy (non-hydrogen) atoms. The van der Waals surface area contributed by atoms with Gasteiger partial charge in [-0.1, -0.05) is 26.0 Å². The second kappa shape index (κ2) is 5.70. The Hall–Kier alpha value is -1.77. The van der Waals surface area contributed by atoms with Crippen LogP contribution in [0, 0.1) is 11.8 Å². The van der Waals surface area contributed by atoms with Gasteiger partial charge in [-0.25, -0.2) is 0 Å². The van der Waals surface area contributed by atoms with Crippen LogP contribution in [0.25, 0.3) is 11.3 Å². The Balaban J connectivity index is 1.73. The molecule has 0 aliphatic heterocycles. The summed E-state index contributed by atoms with van der Waals surface area (Å²) in [4.78, 5) is 0. The van der Waals surface area contributed by atoms with Crippen LogP contribution in [0.3, 0.4) is 0 Å². The number of hydrogen-bond donors (Lipinski definition) is 2. The molecule has 0 amide bonds. The molecular weight excluding hydrogens is 246 g/mol. The van der Waals surface area contributed by atoms with Gasteiger partial charge in [0.15, 0.2) is 0 Å². The first-order valence-corrected chi connectivity index (χ1v) is 7.57. The Morgan fingerprint density at radius 1 is 1.10 bits per heavy atom. The maximum Gasteiger partial charge on any atom is 0.0650 e. The van der Waals surface area contributed by atoms with Crippen LogP contribution in [-0.4, -0.2) is 16.2 Å². The van der Waals surface area contributed by atoms with Crippen molar-refractivity contribution in [2.45, 2.75) is 39.2 Å². The molecule has 106 valence electrons. The van der Waals surface area contributed by atoms with E-state index in [2.05, 4.69) is 53.6 Å². The molecule has 1 aliphatic rings. The van der Waals surface area contributed by atoms with E-state index in [1.807, 2.05) is 6.07 Å². The monoisotopic (exact) mass is 269 g/mol. The van der Waals surface area contributed by atoms with Gasteiger partial charge in [0, 0.05) is 23.5 Å². The zero-order valence-corrected chi connectivity index (χ0v) is 12.3. The van der Waals surface area contributed by atoms with Crippen molar-refractivity contribution in [2.24, 2.45) is 11.8 Å². The minimum atomic E-state index is 0.603. The maximum atomic E-state index is 4.02. The molecule has 3 nitrogen and oxygen atoms in total. The minimum absolute atomic E-state index is 0.603. The summed E-state index contributed by atoms with van der Waals surface area (Å²) in [6.07, 6.45) is 5.71. The second-order valence-corrected chi connectivity index (χ2v) is 6.31. The number of hydrogen-bond acceptors (Lipinski definition) is 2. The Kier molecular flexibility index (Phi) is 3.77. The lowest BCUT2D eigenvalue weighted by atomic mass is 9.80. The molecule has 1 fully saturated rings.